The van der Waals surface area contributed by atoms with Crippen LogP contribution >= 0.6 is 0 Å². The summed E-state index contributed by atoms with van der Waals surface area (Å²) in [6.07, 6.45) is 0. The summed E-state index contributed by atoms with van der Waals surface area (Å²) in [4.78, 5) is 17.0. The van der Waals surface area contributed by atoms with E-state index in [2.05, 4.69) is 4.90 Å². The molecule has 0 aromatic carbocycles. The van der Waals surface area contributed by atoms with Crippen LogP contribution in [0.5, 0.6) is 0 Å². The van der Waals surface area contributed by atoms with Crippen molar-refractivity contribution in [1.29, 1.82) is 0 Å². The smallest absolute Gasteiger partial charge is 0.315 e. The Balaban J connectivity index is 2.59. The minimum absolute atomic E-state index is 0.130. The third-order valence-electron chi connectivity index (χ3n) is 1.84. The van der Waals surface area contributed by atoms with Crippen LogP contribution in [0.25, 0.3) is 0 Å². The number of carbonyl (C=O) groups excluding carboxylic acids is 1. The van der Waals surface area contributed by atoms with Crippen LogP contribution in [0.4, 0.5) is 4.79 Å². The van der Waals surface area contributed by atoms with Gasteiger partial charge >= 0.3 is 6.03 Å². The first-order valence-corrected chi connectivity index (χ1v) is 3.83. The van der Waals surface area contributed by atoms with Crippen molar-refractivity contribution in [3.63, 3.8) is 0 Å². The highest BCUT2D eigenvalue weighted by molar-refractivity contribution is 5.74. The molecule has 4 nitrogen and oxygen atoms in total. The number of nitrogens with zero attached hydrogens (tertiary/aromatic N) is 3. The summed E-state index contributed by atoms with van der Waals surface area (Å²) in [7, 11) is 3.83. The van der Waals surface area contributed by atoms with Gasteiger partial charge in [-0.1, -0.05) is 0 Å². The van der Waals surface area contributed by atoms with Crippen molar-refractivity contribution in [2.75, 3.05) is 34.0 Å². The average Bonchev–Trinajstić information content (AvgIpc) is 1.96. The van der Waals surface area contributed by atoms with Gasteiger partial charge in [0.05, 0.1) is 13.3 Å². The summed E-state index contributed by atoms with van der Waals surface area (Å²) in [5.41, 5.74) is 0. The number of rotatable bonds is 1. The molecule has 0 aromatic rings. The van der Waals surface area contributed by atoms with Crippen molar-refractivity contribution in [2.45, 2.75) is 6.92 Å². The molecule has 0 bridgehead atoms. The third kappa shape index (κ3) is 1.63. The molecule has 0 N–H and O–H groups in total. The Bertz CT molecular complexity index is 160. The number of hydrogen-bond donors (Lipinski definition) is 0. The van der Waals surface area contributed by atoms with Gasteiger partial charge in [-0.25, -0.2) is 4.79 Å². The predicted molar refractivity (Wildman–Crippen MR) is 43.0 cm³/mol. The summed E-state index contributed by atoms with van der Waals surface area (Å²) in [6, 6.07) is 0.130. The standard InChI is InChI=1S/C7H15N3O/c1-4-10-6-8(2)5-9(3)7(10)11/h4-6H2,1-3H3. The number of hydrogen-bond acceptors (Lipinski definition) is 2. The molecule has 0 aromatic heterocycles. The van der Waals surface area contributed by atoms with Gasteiger partial charge < -0.3 is 9.80 Å². The maximum atomic E-state index is 11.3. The van der Waals surface area contributed by atoms with Gasteiger partial charge in [0, 0.05) is 13.6 Å². The molecule has 0 saturated carbocycles. The van der Waals surface area contributed by atoms with Crippen LogP contribution in [-0.4, -0.2) is 54.7 Å². The first kappa shape index (κ1) is 8.33. The van der Waals surface area contributed by atoms with E-state index in [1.807, 2.05) is 25.9 Å². The molecule has 1 aliphatic rings. The highest BCUT2D eigenvalue weighted by atomic mass is 16.2. The number of urea groups is 1. The normalized spacial score (nSPS) is 21.2. The van der Waals surface area contributed by atoms with Crippen LogP contribution in [0.3, 0.4) is 0 Å². The van der Waals surface area contributed by atoms with Gasteiger partial charge in [-0.3, -0.25) is 4.90 Å². The second-order valence-electron chi connectivity index (χ2n) is 2.98. The van der Waals surface area contributed by atoms with E-state index in [9.17, 15) is 4.79 Å². The third-order valence-corrected chi connectivity index (χ3v) is 1.84. The van der Waals surface area contributed by atoms with E-state index in [0.29, 0.717) is 0 Å². The van der Waals surface area contributed by atoms with Crippen LogP contribution in [0.2, 0.25) is 0 Å². The molecule has 0 radical (unpaired) electrons. The minimum atomic E-state index is 0.130. The molecule has 1 rings (SSSR count). The SMILES string of the molecule is CCN1CN(C)CN(C)C1=O. The predicted octanol–water partition coefficient (Wildman–Crippen LogP) is 0.220. The summed E-state index contributed by atoms with van der Waals surface area (Å²) in [5, 5.41) is 0. The van der Waals surface area contributed by atoms with E-state index >= 15 is 0 Å². The summed E-state index contributed by atoms with van der Waals surface area (Å²) >= 11 is 0. The molecular formula is C7H15N3O. The molecule has 1 fully saturated rings. The molecule has 1 heterocycles. The maximum Gasteiger partial charge on any atom is 0.321 e. The van der Waals surface area contributed by atoms with Crippen molar-refractivity contribution < 1.29 is 4.79 Å². The lowest BCUT2D eigenvalue weighted by Crippen LogP contribution is -2.55. The van der Waals surface area contributed by atoms with Crippen LogP contribution in [0.15, 0.2) is 0 Å². The Morgan fingerprint density at radius 1 is 1.36 bits per heavy atom. The van der Waals surface area contributed by atoms with Crippen molar-refractivity contribution in [3.05, 3.63) is 0 Å². The van der Waals surface area contributed by atoms with E-state index in [1.54, 1.807) is 4.90 Å². The molecule has 2 amide bonds. The molecule has 0 atom stereocenters. The van der Waals surface area contributed by atoms with Crippen molar-refractivity contribution in [3.8, 4) is 0 Å². The Morgan fingerprint density at radius 3 is 2.55 bits per heavy atom. The topological polar surface area (TPSA) is 26.8 Å². The molecule has 0 aliphatic carbocycles. The van der Waals surface area contributed by atoms with Gasteiger partial charge in [0.25, 0.3) is 0 Å². The van der Waals surface area contributed by atoms with Gasteiger partial charge in [-0.15, -0.1) is 0 Å². The molecular weight excluding hydrogens is 142 g/mol. The molecule has 0 spiro atoms. The van der Waals surface area contributed by atoms with E-state index in [-0.39, 0.29) is 6.03 Å². The molecule has 64 valence electrons. The highest BCUT2D eigenvalue weighted by Gasteiger charge is 2.23. The lowest BCUT2D eigenvalue weighted by Gasteiger charge is -2.38. The van der Waals surface area contributed by atoms with E-state index in [4.69, 9.17) is 0 Å². The minimum Gasteiger partial charge on any atom is -0.315 e. The summed E-state index contributed by atoms with van der Waals surface area (Å²) in [6.45, 7) is 4.26. The average molecular weight is 157 g/mol. The molecule has 4 heteroatoms. The monoisotopic (exact) mass is 157 g/mol. The second kappa shape index (κ2) is 3.09. The molecule has 1 saturated heterocycles. The molecule has 11 heavy (non-hydrogen) atoms. The fourth-order valence-electron chi connectivity index (χ4n) is 1.30. The first-order valence-electron chi connectivity index (χ1n) is 3.83. The lowest BCUT2D eigenvalue weighted by molar-refractivity contribution is 0.0622. The summed E-state index contributed by atoms with van der Waals surface area (Å²) in [5.74, 6) is 0. The quantitative estimate of drug-likeness (QED) is 0.544. The van der Waals surface area contributed by atoms with Gasteiger partial charge in [-0.05, 0) is 14.0 Å². The molecule has 0 unspecified atom stereocenters. The summed E-state index contributed by atoms with van der Waals surface area (Å²) < 4.78 is 0. The zero-order valence-corrected chi connectivity index (χ0v) is 7.37. The van der Waals surface area contributed by atoms with Crippen molar-refractivity contribution >= 4 is 6.03 Å². The maximum absolute atomic E-state index is 11.3. The molecule has 1 aliphatic heterocycles. The van der Waals surface area contributed by atoms with Gasteiger partial charge in [0.2, 0.25) is 0 Å². The van der Waals surface area contributed by atoms with Crippen LogP contribution in [0.1, 0.15) is 6.92 Å². The Kier molecular flexibility index (Phi) is 2.34. The van der Waals surface area contributed by atoms with Gasteiger partial charge in [0.1, 0.15) is 0 Å². The van der Waals surface area contributed by atoms with Crippen molar-refractivity contribution in [1.82, 2.24) is 14.7 Å². The Hall–Kier alpha value is -0.770. The fraction of sp³-hybridized carbons (Fsp3) is 0.857. The largest absolute Gasteiger partial charge is 0.321 e. The second-order valence-corrected chi connectivity index (χ2v) is 2.98. The Labute approximate surface area is 67.4 Å². The zero-order valence-electron chi connectivity index (χ0n) is 7.37. The van der Waals surface area contributed by atoms with Gasteiger partial charge in [-0.2, -0.15) is 0 Å². The zero-order chi connectivity index (χ0) is 8.43. The van der Waals surface area contributed by atoms with E-state index in [0.717, 1.165) is 19.9 Å². The van der Waals surface area contributed by atoms with E-state index in [1.165, 1.54) is 0 Å². The van der Waals surface area contributed by atoms with E-state index < -0.39 is 0 Å². The Morgan fingerprint density at radius 2 is 2.00 bits per heavy atom. The van der Waals surface area contributed by atoms with Crippen LogP contribution in [0, 0.1) is 0 Å². The van der Waals surface area contributed by atoms with Crippen LogP contribution in [-0.2, 0) is 0 Å². The first-order chi connectivity index (χ1) is 5.15. The van der Waals surface area contributed by atoms with Crippen LogP contribution < -0.4 is 0 Å². The number of carbonyl (C=O) groups is 1. The highest BCUT2D eigenvalue weighted by Crippen LogP contribution is 2.04. The van der Waals surface area contributed by atoms with Gasteiger partial charge in [0.15, 0.2) is 0 Å². The number of amides is 2. The lowest BCUT2D eigenvalue weighted by atomic mass is 10.5. The van der Waals surface area contributed by atoms with Crippen molar-refractivity contribution in [2.24, 2.45) is 0 Å². The fourth-order valence-corrected chi connectivity index (χ4v) is 1.30.